The normalized spacial score (nSPS) is 10.9. The summed E-state index contributed by atoms with van der Waals surface area (Å²) in [5, 5.41) is 0. The fourth-order valence-corrected chi connectivity index (χ4v) is 3.16. The zero-order chi connectivity index (χ0) is 15.7. The molecule has 4 nitrogen and oxygen atoms in total. The quantitative estimate of drug-likeness (QED) is 0.653. The fraction of sp³-hybridized carbons (Fsp3) is 0.412. The van der Waals surface area contributed by atoms with Crippen LogP contribution in [0.5, 0.6) is 0 Å². The SMILES string of the molecule is CCc1c(Cc2[nH]c(C)c(C(C)=O)c2C)[nH]c(C=O)c1C. The average molecular weight is 286 g/mol. The predicted octanol–water partition coefficient (Wildman–Crippen LogP) is 3.44. The van der Waals surface area contributed by atoms with E-state index in [9.17, 15) is 9.59 Å². The summed E-state index contributed by atoms with van der Waals surface area (Å²) in [7, 11) is 0. The number of H-pyrrole nitrogens is 2. The first-order valence-electron chi connectivity index (χ1n) is 7.25. The third kappa shape index (κ3) is 2.58. The van der Waals surface area contributed by atoms with Crippen molar-refractivity contribution < 1.29 is 9.59 Å². The summed E-state index contributed by atoms with van der Waals surface area (Å²) in [6.07, 6.45) is 2.42. The van der Waals surface area contributed by atoms with Gasteiger partial charge in [0.05, 0.1) is 5.69 Å². The maximum atomic E-state index is 11.7. The molecule has 0 aromatic carbocycles. The summed E-state index contributed by atoms with van der Waals surface area (Å²) >= 11 is 0. The molecule has 2 N–H and O–H groups in total. The second-order valence-corrected chi connectivity index (χ2v) is 5.55. The zero-order valence-corrected chi connectivity index (χ0v) is 13.3. The first-order chi connectivity index (χ1) is 9.90. The summed E-state index contributed by atoms with van der Waals surface area (Å²) in [5.74, 6) is 0.0828. The zero-order valence-electron chi connectivity index (χ0n) is 13.3. The van der Waals surface area contributed by atoms with Crippen LogP contribution in [0, 0.1) is 20.8 Å². The molecule has 0 radical (unpaired) electrons. The number of hydrogen-bond acceptors (Lipinski definition) is 2. The smallest absolute Gasteiger partial charge is 0.166 e. The van der Waals surface area contributed by atoms with Crippen LogP contribution in [0.4, 0.5) is 0 Å². The number of Topliss-reactive ketones (excluding diaryl/α,β-unsaturated/α-hetero) is 1. The molecule has 2 aromatic heterocycles. The van der Waals surface area contributed by atoms with Crippen molar-refractivity contribution in [2.75, 3.05) is 0 Å². The molecule has 0 spiro atoms. The van der Waals surface area contributed by atoms with Gasteiger partial charge >= 0.3 is 0 Å². The lowest BCUT2D eigenvalue weighted by atomic mass is 10.0. The van der Waals surface area contributed by atoms with Gasteiger partial charge in [0.1, 0.15) is 0 Å². The molecule has 0 amide bonds. The van der Waals surface area contributed by atoms with Gasteiger partial charge in [-0.25, -0.2) is 0 Å². The van der Waals surface area contributed by atoms with Crippen LogP contribution in [-0.2, 0) is 12.8 Å². The molecule has 2 aromatic rings. The van der Waals surface area contributed by atoms with Crippen molar-refractivity contribution >= 4 is 12.1 Å². The van der Waals surface area contributed by atoms with Gasteiger partial charge < -0.3 is 9.97 Å². The van der Waals surface area contributed by atoms with E-state index < -0.39 is 0 Å². The van der Waals surface area contributed by atoms with Gasteiger partial charge in [0.2, 0.25) is 0 Å². The van der Waals surface area contributed by atoms with Crippen LogP contribution >= 0.6 is 0 Å². The summed E-state index contributed by atoms with van der Waals surface area (Å²) < 4.78 is 0. The number of carbonyl (C=O) groups excluding carboxylic acids is 2. The Labute approximate surface area is 125 Å². The van der Waals surface area contributed by atoms with Gasteiger partial charge in [-0.3, -0.25) is 9.59 Å². The van der Waals surface area contributed by atoms with Gasteiger partial charge in [0.15, 0.2) is 12.1 Å². The van der Waals surface area contributed by atoms with Gasteiger partial charge in [-0.1, -0.05) is 6.92 Å². The maximum Gasteiger partial charge on any atom is 0.166 e. The van der Waals surface area contributed by atoms with Crippen molar-refractivity contribution in [2.45, 2.75) is 47.5 Å². The Morgan fingerprint density at radius 3 is 2.24 bits per heavy atom. The molecule has 4 heteroatoms. The number of ketones is 1. The van der Waals surface area contributed by atoms with Gasteiger partial charge in [0, 0.05) is 29.1 Å². The van der Waals surface area contributed by atoms with E-state index in [-0.39, 0.29) is 5.78 Å². The number of aryl methyl sites for hydroxylation is 1. The van der Waals surface area contributed by atoms with E-state index in [1.807, 2.05) is 20.8 Å². The number of nitrogens with one attached hydrogen (secondary N) is 2. The molecule has 0 fully saturated rings. The van der Waals surface area contributed by atoms with Crippen LogP contribution in [-0.4, -0.2) is 22.0 Å². The highest BCUT2D eigenvalue weighted by Gasteiger charge is 2.18. The van der Waals surface area contributed by atoms with Crippen LogP contribution in [0.2, 0.25) is 0 Å². The van der Waals surface area contributed by atoms with E-state index in [2.05, 4.69) is 16.9 Å². The lowest BCUT2D eigenvalue weighted by molar-refractivity contribution is 0.101. The van der Waals surface area contributed by atoms with Crippen LogP contribution in [0.3, 0.4) is 0 Å². The van der Waals surface area contributed by atoms with Crippen molar-refractivity contribution in [2.24, 2.45) is 0 Å². The van der Waals surface area contributed by atoms with Crippen molar-refractivity contribution in [3.05, 3.63) is 45.0 Å². The van der Waals surface area contributed by atoms with Gasteiger partial charge in [-0.2, -0.15) is 0 Å². The lowest BCUT2D eigenvalue weighted by Gasteiger charge is -2.03. The largest absolute Gasteiger partial charge is 0.361 e. The van der Waals surface area contributed by atoms with E-state index in [1.165, 1.54) is 5.56 Å². The summed E-state index contributed by atoms with van der Waals surface area (Å²) in [6, 6.07) is 0. The highest BCUT2D eigenvalue weighted by molar-refractivity contribution is 5.97. The average Bonchev–Trinajstić information content (AvgIpc) is 2.87. The number of rotatable bonds is 5. The molecular formula is C17H22N2O2. The van der Waals surface area contributed by atoms with E-state index in [1.54, 1.807) is 6.92 Å². The van der Waals surface area contributed by atoms with Crippen molar-refractivity contribution in [3.63, 3.8) is 0 Å². The molecule has 0 saturated heterocycles. The molecule has 2 heterocycles. The van der Waals surface area contributed by atoms with Crippen molar-refractivity contribution in [1.82, 2.24) is 9.97 Å². The van der Waals surface area contributed by atoms with Crippen LogP contribution < -0.4 is 0 Å². The minimum Gasteiger partial charge on any atom is -0.361 e. The Kier molecular flexibility index (Phi) is 4.16. The van der Waals surface area contributed by atoms with Crippen molar-refractivity contribution in [1.29, 1.82) is 0 Å². The molecule has 112 valence electrons. The second kappa shape index (κ2) is 5.72. The lowest BCUT2D eigenvalue weighted by Crippen LogP contribution is -1.98. The highest BCUT2D eigenvalue weighted by Crippen LogP contribution is 2.24. The minimum absolute atomic E-state index is 0.0828. The first-order valence-corrected chi connectivity index (χ1v) is 7.25. The molecule has 0 saturated carbocycles. The summed E-state index contributed by atoms with van der Waals surface area (Å²) in [5.41, 5.74) is 7.64. The van der Waals surface area contributed by atoms with Crippen molar-refractivity contribution in [3.8, 4) is 0 Å². The number of aromatic nitrogens is 2. The number of aromatic amines is 2. The Hall–Kier alpha value is -2.10. The van der Waals surface area contributed by atoms with E-state index >= 15 is 0 Å². The summed E-state index contributed by atoms with van der Waals surface area (Å²) in [4.78, 5) is 29.3. The first kappa shape index (κ1) is 15.3. The van der Waals surface area contributed by atoms with E-state index in [4.69, 9.17) is 0 Å². The molecule has 21 heavy (non-hydrogen) atoms. The Morgan fingerprint density at radius 2 is 1.76 bits per heavy atom. The molecule has 0 aliphatic rings. The highest BCUT2D eigenvalue weighted by atomic mass is 16.1. The van der Waals surface area contributed by atoms with Crippen LogP contribution in [0.25, 0.3) is 0 Å². The third-order valence-corrected chi connectivity index (χ3v) is 4.22. The topological polar surface area (TPSA) is 65.7 Å². The van der Waals surface area contributed by atoms with Crippen LogP contribution in [0.1, 0.15) is 68.5 Å². The number of aldehydes is 1. The Bertz CT molecular complexity index is 705. The number of hydrogen-bond donors (Lipinski definition) is 2. The molecule has 2 rings (SSSR count). The second-order valence-electron chi connectivity index (χ2n) is 5.55. The molecule has 0 aliphatic carbocycles. The minimum atomic E-state index is 0.0828. The van der Waals surface area contributed by atoms with E-state index in [0.717, 1.165) is 46.5 Å². The third-order valence-electron chi connectivity index (χ3n) is 4.22. The molecule has 0 aliphatic heterocycles. The van der Waals surface area contributed by atoms with Crippen LogP contribution in [0.15, 0.2) is 0 Å². The molecule has 0 unspecified atom stereocenters. The Balaban J connectivity index is 2.46. The van der Waals surface area contributed by atoms with E-state index in [0.29, 0.717) is 12.1 Å². The van der Waals surface area contributed by atoms with Gasteiger partial charge in [0.25, 0.3) is 0 Å². The predicted molar refractivity (Wildman–Crippen MR) is 83.4 cm³/mol. The molecule has 0 bridgehead atoms. The number of carbonyl (C=O) groups is 2. The van der Waals surface area contributed by atoms with Gasteiger partial charge in [-0.15, -0.1) is 0 Å². The monoisotopic (exact) mass is 286 g/mol. The standard InChI is InChI=1S/C17H22N2O2/c1-6-13-9(2)16(8-20)19-15(13)7-14-10(3)17(12(5)21)11(4)18-14/h8,18-19H,6-7H2,1-5H3. The summed E-state index contributed by atoms with van der Waals surface area (Å²) in [6.45, 7) is 9.54. The Morgan fingerprint density at radius 1 is 1.10 bits per heavy atom. The van der Waals surface area contributed by atoms with Gasteiger partial charge in [-0.05, 0) is 50.8 Å². The molecular weight excluding hydrogens is 264 g/mol. The fourth-order valence-electron chi connectivity index (χ4n) is 3.16. The maximum absolute atomic E-state index is 11.7. The molecule has 0 atom stereocenters.